The Kier molecular flexibility index (Phi) is 8.58. The van der Waals surface area contributed by atoms with Crippen molar-refractivity contribution in [2.45, 2.75) is 6.92 Å². The van der Waals surface area contributed by atoms with Crippen LogP contribution in [0.2, 0.25) is 0 Å². The van der Waals surface area contributed by atoms with Crippen molar-refractivity contribution in [3.8, 4) is 39.1 Å². The highest BCUT2D eigenvalue weighted by Gasteiger charge is 2.48. The summed E-state index contributed by atoms with van der Waals surface area (Å²) in [7, 11) is 0. The van der Waals surface area contributed by atoms with Crippen LogP contribution in [0.5, 0.6) is 0 Å². The first-order valence-corrected chi connectivity index (χ1v) is 21.5. The first-order valence-electron chi connectivity index (χ1n) is 21.5. The molecule has 6 heteroatoms. The number of hydrogen-bond acceptors (Lipinski definition) is 4. The van der Waals surface area contributed by atoms with Crippen LogP contribution in [0.25, 0.3) is 77.3 Å². The minimum absolute atomic E-state index is 0.306. The Balaban J connectivity index is 1.09. The van der Waals surface area contributed by atoms with E-state index in [-0.39, 0.29) is 6.98 Å². The summed E-state index contributed by atoms with van der Waals surface area (Å²) >= 11 is 0. The standard InChI is InChI=1S/C57H40BN5/c1-3-5-19-38(4-2)56-47-26-12-15-29-50(47)59-57(60-56)63-53-31-17-14-24-43(53)45-27-18-28-46-49-37-40(33-35-54(49)62(58(63)55(45)46)42-22-10-7-11-23-42)39-32-34-52-48(36-39)44-25-13-16-30-51(44)61(52)41-20-8-6-9-21-41/h3-37H,1H2,2H3/b19-5-,38-4+. The van der Waals surface area contributed by atoms with E-state index in [2.05, 4.69) is 228 Å². The maximum atomic E-state index is 5.51. The molecule has 0 amide bonds. The largest absolute Gasteiger partial charge is 0.424 e. The maximum absolute atomic E-state index is 5.51. The second kappa shape index (κ2) is 14.8. The van der Waals surface area contributed by atoms with Gasteiger partial charge in [-0.3, -0.25) is 0 Å². The Hall–Kier alpha value is -8.22. The molecular weight excluding hydrogens is 765 g/mol. The predicted octanol–water partition coefficient (Wildman–Crippen LogP) is 13.9. The van der Waals surface area contributed by atoms with Crippen LogP contribution in [0.1, 0.15) is 12.6 Å². The zero-order chi connectivity index (χ0) is 42.0. The molecule has 0 aliphatic carbocycles. The van der Waals surface area contributed by atoms with Crippen molar-refractivity contribution >= 4 is 73.7 Å². The lowest BCUT2D eigenvalue weighted by atomic mass is 9.53. The van der Waals surface area contributed by atoms with E-state index in [1.165, 1.54) is 55.1 Å². The topological polar surface area (TPSA) is 37.2 Å². The number of rotatable bonds is 7. The fourth-order valence-electron chi connectivity index (χ4n) is 9.97. The van der Waals surface area contributed by atoms with Crippen molar-refractivity contribution in [1.82, 2.24) is 14.5 Å². The molecule has 0 saturated heterocycles. The normalized spacial score (nSPS) is 13.2. The van der Waals surface area contributed by atoms with E-state index in [1.807, 2.05) is 6.08 Å². The van der Waals surface area contributed by atoms with Gasteiger partial charge in [0.25, 0.3) is 0 Å². The third kappa shape index (κ3) is 5.72. The monoisotopic (exact) mass is 805 g/mol. The molecule has 2 aliphatic heterocycles. The molecule has 12 rings (SSSR count). The average Bonchev–Trinajstić information content (AvgIpc) is 3.68. The molecule has 4 heterocycles. The molecule has 5 nitrogen and oxygen atoms in total. The first-order chi connectivity index (χ1) is 31.2. The van der Waals surface area contributed by atoms with Crippen LogP contribution in [0, 0.1) is 0 Å². The van der Waals surface area contributed by atoms with E-state index in [0.717, 1.165) is 50.5 Å². The van der Waals surface area contributed by atoms with Gasteiger partial charge in [-0.1, -0.05) is 152 Å². The summed E-state index contributed by atoms with van der Waals surface area (Å²) in [5.74, 6) is 0.636. The fraction of sp³-hybridized carbons (Fsp3) is 0.0175. The molecule has 0 bridgehead atoms. The number of allylic oxidation sites excluding steroid dienone is 5. The lowest BCUT2D eigenvalue weighted by Crippen LogP contribution is -2.62. The molecule has 0 N–H and O–H groups in total. The minimum atomic E-state index is -0.306. The van der Waals surface area contributed by atoms with Gasteiger partial charge in [-0.05, 0) is 107 Å². The lowest BCUT2D eigenvalue weighted by molar-refractivity contribution is 1.11. The van der Waals surface area contributed by atoms with Crippen LogP contribution in [-0.2, 0) is 0 Å². The zero-order valence-electron chi connectivity index (χ0n) is 34.7. The van der Waals surface area contributed by atoms with Crippen LogP contribution < -0.4 is 15.1 Å². The Morgan fingerprint density at radius 1 is 0.524 bits per heavy atom. The predicted molar refractivity (Wildman–Crippen MR) is 266 cm³/mol. The summed E-state index contributed by atoms with van der Waals surface area (Å²) in [6.07, 6.45) is 7.96. The average molecular weight is 806 g/mol. The molecule has 0 saturated carbocycles. The third-order valence-corrected chi connectivity index (χ3v) is 12.7. The van der Waals surface area contributed by atoms with Gasteiger partial charge >= 0.3 is 6.98 Å². The Morgan fingerprint density at radius 2 is 1.16 bits per heavy atom. The highest BCUT2D eigenvalue weighted by molar-refractivity contribution is 6.86. The van der Waals surface area contributed by atoms with Gasteiger partial charge in [0.15, 0.2) is 0 Å². The number of nitrogens with zero attached hydrogens (tertiary/aromatic N) is 5. The van der Waals surface area contributed by atoms with Gasteiger partial charge in [0.2, 0.25) is 5.95 Å². The molecule has 0 spiro atoms. The number of anilines is 4. The van der Waals surface area contributed by atoms with Crippen molar-refractivity contribution in [3.63, 3.8) is 0 Å². The number of benzene rings is 8. The molecule has 2 aliphatic rings. The summed E-state index contributed by atoms with van der Waals surface area (Å²) in [6, 6.07) is 67.9. The van der Waals surface area contributed by atoms with Crippen molar-refractivity contribution in [2.75, 3.05) is 9.62 Å². The number of aromatic nitrogens is 3. The van der Waals surface area contributed by atoms with E-state index in [4.69, 9.17) is 9.97 Å². The van der Waals surface area contributed by atoms with Crippen LogP contribution in [0.15, 0.2) is 219 Å². The summed E-state index contributed by atoms with van der Waals surface area (Å²) in [5.41, 5.74) is 17.9. The van der Waals surface area contributed by atoms with Gasteiger partial charge in [0.1, 0.15) is 0 Å². The van der Waals surface area contributed by atoms with Crippen molar-refractivity contribution in [3.05, 3.63) is 225 Å². The van der Waals surface area contributed by atoms with E-state index in [9.17, 15) is 0 Å². The number of hydrogen-bond donors (Lipinski definition) is 0. The molecule has 8 aromatic carbocycles. The maximum Gasteiger partial charge on any atom is 0.424 e. The third-order valence-electron chi connectivity index (χ3n) is 12.7. The van der Waals surface area contributed by atoms with Crippen molar-refractivity contribution < 1.29 is 0 Å². The number of para-hydroxylation sites is 5. The van der Waals surface area contributed by atoms with E-state index < -0.39 is 0 Å². The highest BCUT2D eigenvalue weighted by atomic mass is 15.3. The minimum Gasteiger partial charge on any atom is -0.361 e. The molecule has 63 heavy (non-hydrogen) atoms. The summed E-state index contributed by atoms with van der Waals surface area (Å²) in [5, 5.41) is 3.47. The highest BCUT2D eigenvalue weighted by Crippen LogP contribution is 2.49. The molecule has 0 fully saturated rings. The Bertz CT molecular complexity index is 3510. The molecule has 0 unspecified atom stereocenters. The molecular formula is C57H40BN5. The van der Waals surface area contributed by atoms with Gasteiger partial charge in [-0.15, -0.1) is 0 Å². The molecule has 2 aromatic heterocycles. The zero-order valence-corrected chi connectivity index (χ0v) is 34.7. The molecule has 296 valence electrons. The van der Waals surface area contributed by atoms with Crippen LogP contribution in [0.3, 0.4) is 0 Å². The molecule has 0 atom stereocenters. The summed E-state index contributed by atoms with van der Waals surface area (Å²) < 4.78 is 2.37. The van der Waals surface area contributed by atoms with Gasteiger partial charge in [0.05, 0.1) is 22.2 Å². The van der Waals surface area contributed by atoms with Crippen molar-refractivity contribution in [2.24, 2.45) is 0 Å². The quantitative estimate of drug-likeness (QED) is 0.119. The second-order valence-corrected chi connectivity index (χ2v) is 16.1. The fourth-order valence-corrected chi connectivity index (χ4v) is 9.97. The number of fused-ring (bicyclic) bond motifs is 8. The summed E-state index contributed by atoms with van der Waals surface area (Å²) in [6.45, 7) is 5.70. The van der Waals surface area contributed by atoms with E-state index >= 15 is 0 Å². The Labute approximate surface area is 367 Å². The van der Waals surface area contributed by atoms with E-state index in [0.29, 0.717) is 5.95 Å². The van der Waals surface area contributed by atoms with Crippen LogP contribution >= 0.6 is 0 Å². The van der Waals surface area contributed by atoms with Crippen LogP contribution in [0.4, 0.5) is 23.0 Å². The van der Waals surface area contributed by atoms with Crippen molar-refractivity contribution in [1.29, 1.82) is 0 Å². The smallest absolute Gasteiger partial charge is 0.361 e. The molecule has 0 radical (unpaired) electrons. The second-order valence-electron chi connectivity index (χ2n) is 16.1. The summed E-state index contributed by atoms with van der Waals surface area (Å²) in [4.78, 5) is 15.8. The Morgan fingerprint density at radius 3 is 1.97 bits per heavy atom. The van der Waals surface area contributed by atoms with Gasteiger partial charge in [0, 0.05) is 50.0 Å². The van der Waals surface area contributed by atoms with Gasteiger partial charge in [-0.2, -0.15) is 0 Å². The SMILES string of the molecule is C=C/C=C\C(=C/C)c1nc(N2B3c4c(cccc4-c4ccccc42)-c2cc(-c4ccc5c(c4)c4ccccc4n5-c4ccccc4)ccc2N3c2ccccc2)nc2ccccc12. The first kappa shape index (κ1) is 36.6. The van der Waals surface area contributed by atoms with E-state index in [1.54, 1.807) is 6.08 Å². The molecule has 10 aromatic rings. The van der Waals surface area contributed by atoms with Gasteiger partial charge in [-0.25, -0.2) is 9.97 Å². The lowest BCUT2D eigenvalue weighted by Gasteiger charge is -2.46. The van der Waals surface area contributed by atoms with Crippen LogP contribution in [-0.4, -0.2) is 21.5 Å². The van der Waals surface area contributed by atoms with Gasteiger partial charge < -0.3 is 14.2 Å².